The molecule has 0 N–H and O–H groups in total. The van der Waals surface area contributed by atoms with E-state index in [1.807, 2.05) is 21.1 Å². The summed E-state index contributed by atoms with van der Waals surface area (Å²) in [5.41, 5.74) is 0. The molecule has 9 nitrogen and oxygen atoms in total. The molecule has 0 aromatic rings. The Kier molecular flexibility index (Phi) is 68.9. The fraction of sp³-hybridized carbons (Fsp3) is 0.732. The zero-order valence-corrected chi connectivity index (χ0v) is 61.4. The minimum atomic E-state index is -4.65. The van der Waals surface area contributed by atoms with Crippen LogP contribution in [0.2, 0.25) is 0 Å². The van der Waals surface area contributed by atoms with Crippen molar-refractivity contribution in [2.24, 2.45) is 0 Å². The minimum Gasteiger partial charge on any atom is -0.756 e. The van der Waals surface area contributed by atoms with Crippen molar-refractivity contribution in [1.29, 1.82) is 0 Å². The predicted molar refractivity (Wildman–Crippen MR) is 397 cm³/mol. The third-order valence-electron chi connectivity index (χ3n) is 16.5. The molecule has 0 aliphatic heterocycles. The topological polar surface area (TPSA) is 111 Å². The largest absolute Gasteiger partial charge is 0.756 e. The summed E-state index contributed by atoms with van der Waals surface area (Å²) in [5, 5.41) is 0. The normalized spacial score (nSPS) is 13.8. The maximum absolute atomic E-state index is 12.9. The quantitative estimate of drug-likeness (QED) is 0.0195. The van der Waals surface area contributed by atoms with Crippen LogP contribution in [0.4, 0.5) is 0 Å². The van der Waals surface area contributed by atoms with Crippen LogP contribution in [0.25, 0.3) is 0 Å². The van der Waals surface area contributed by atoms with Crippen molar-refractivity contribution in [2.45, 2.75) is 341 Å². The molecule has 0 saturated heterocycles. The van der Waals surface area contributed by atoms with E-state index < -0.39 is 26.5 Å². The second-order valence-corrected chi connectivity index (χ2v) is 28.0. The summed E-state index contributed by atoms with van der Waals surface area (Å²) in [6.07, 6.45) is 103. The summed E-state index contributed by atoms with van der Waals surface area (Å²) >= 11 is 0. The first-order chi connectivity index (χ1) is 45.0. The molecule has 0 spiro atoms. The Hall–Kier alpha value is -3.59. The lowest BCUT2D eigenvalue weighted by Crippen LogP contribution is -2.37. The van der Waals surface area contributed by atoms with Gasteiger partial charge in [-0.2, -0.15) is 0 Å². The fourth-order valence-electron chi connectivity index (χ4n) is 10.6. The van der Waals surface area contributed by atoms with E-state index in [9.17, 15) is 19.0 Å². The molecule has 530 valence electrons. The molecule has 10 heteroatoms. The minimum absolute atomic E-state index is 0.0353. The average molecular weight is 1300 g/mol. The summed E-state index contributed by atoms with van der Waals surface area (Å²) in [6.45, 7) is 4.14. The maximum Gasteiger partial charge on any atom is 0.306 e. The van der Waals surface area contributed by atoms with Gasteiger partial charge in [-0.1, -0.05) is 334 Å². The Morgan fingerprint density at radius 3 is 0.924 bits per heavy atom. The Morgan fingerprint density at radius 1 is 0.348 bits per heavy atom. The van der Waals surface area contributed by atoms with Gasteiger partial charge in [-0.25, -0.2) is 0 Å². The van der Waals surface area contributed by atoms with Crippen LogP contribution in [-0.4, -0.2) is 70.0 Å². The van der Waals surface area contributed by atoms with Crippen LogP contribution in [-0.2, 0) is 32.7 Å². The van der Waals surface area contributed by atoms with E-state index in [-0.39, 0.29) is 32.0 Å². The average Bonchev–Trinajstić information content (AvgIpc) is 2.14. The van der Waals surface area contributed by atoms with Crippen molar-refractivity contribution in [1.82, 2.24) is 0 Å². The number of hydrogen-bond acceptors (Lipinski definition) is 8. The van der Waals surface area contributed by atoms with Gasteiger partial charge < -0.3 is 27.9 Å². The number of quaternary nitrogens is 1. The van der Waals surface area contributed by atoms with Crippen molar-refractivity contribution in [3.63, 3.8) is 0 Å². The van der Waals surface area contributed by atoms with Gasteiger partial charge in [0.1, 0.15) is 19.8 Å². The van der Waals surface area contributed by atoms with Crippen molar-refractivity contribution in [3.05, 3.63) is 122 Å². The monoisotopic (exact) mass is 1300 g/mol. The third kappa shape index (κ3) is 75.4. The molecule has 0 saturated carbocycles. The van der Waals surface area contributed by atoms with Gasteiger partial charge in [-0.05, 0) is 109 Å². The molecule has 92 heavy (non-hydrogen) atoms. The highest BCUT2D eigenvalue weighted by Crippen LogP contribution is 2.38. The molecule has 0 radical (unpaired) electrons. The summed E-state index contributed by atoms with van der Waals surface area (Å²) in [5.74, 6) is -0.831. The summed E-state index contributed by atoms with van der Waals surface area (Å²) < 4.78 is 34.4. The Balaban J connectivity index is 4.03. The fourth-order valence-corrected chi connectivity index (χ4v) is 11.4. The van der Waals surface area contributed by atoms with Crippen molar-refractivity contribution in [3.8, 4) is 0 Å². The number of ether oxygens (including phenoxy) is 2. The van der Waals surface area contributed by atoms with Crippen molar-refractivity contribution >= 4 is 19.8 Å². The van der Waals surface area contributed by atoms with Gasteiger partial charge in [-0.15, -0.1) is 0 Å². The Morgan fingerprint density at radius 2 is 0.620 bits per heavy atom. The molecule has 0 fully saturated rings. The third-order valence-corrected chi connectivity index (χ3v) is 17.4. The molecular formula is C82H144NO8P. The molecule has 0 aliphatic rings. The standard InChI is InChI=1S/C82H144NO8P/c1-6-8-10-12-14-16-18-20-22-24-26-28-30-32-34-36-38-40-41-43-45-47-49-51-53-55-57-59-61-63-65-67-69-71-73-75-82(85)91-80(79-90-92(86,87)89-77-76-83(3,4)5)78-88-81(84)74-72-70-68-66-64-62-60-58-56-54-52-50-48-46-44-42-39-37-35-33-31-29-27-25-23-21-19-17-15-13-11-9-7-2/h8,10,14,16,19-22,25-28,32,34,38,40,43,45,49,51,80H,6-7,9,11-13,15,17-18,23-24,29-31,33,35-37,39,41-42,44,46-48,50,52-79H2,1-5H3/b10-8-,16-14-,21-19-,22-20-,27-25-,28-26-,34-32-,40-38-,45-43-,51-49-. The summed E-state index contributed by atoms with van der Waals surface area (Å²) in [4.78, 5) is 38.2. The molecule has 0 bridgehead atoms. The Bertz CT molecular complexity index is 1970. The number of carbonyl (C=O) groups excluding carboxylic acids is 2. The zero-order chi connectivity index (χ0) is 66.9. The molecule has 0 amide bonds. The van der Waals surface area contributed by atoms with E-state index in [4.69, 9.17) is 18.5 Å². The molecule has 0 aliphatic carbocycles. The van der Waals surface area contributed by atoms with E-state index >= 15 is 0 Å². The van der Waals surface area contributed by atoms with Crippen LogP contribution in [0.3, 0.4) is 0 Å². The van der Waals surface area contributed by atoms with Gasteiger partial charge in [0, 0.05) is 12.8 Å². The number of unbranched alkanes of at least 4 members (excludes halogenated alkanes) is 36. The molecule has 0 aromatic heterocycles. The molecule has 0 heterocycles. The van der Waals surface area contributed by atoms with Crippen LogP contribution in [0.5, 0.6) is 0 Å². The first-order valence-electron chi connectivity index (χ1n) is 38.2. The number of esters is 2. The van der Waals surface area contributed by atoms with Gasteiger partial charge in [0.15, 0.2) is 6.10 Å². The number of allylic oxidation sites excluding steroid dienone is 20. The van der Waals surface area contributed by atoms with Gasteiger partial charge in [-0.3, -0.25) is 14.2 Å². The first-order valence-corrected chi connectivity index (χ1v) is 39.7. The molecule has 0 aromatic carbocycles. The summed E-state index contributed by atoms with van der Waals surface area (Å²) in [7, 11) is 1.16. The van der Waals surface area contributed by atoms with E-state index in [1.165, 1.54) is 199 Å². The number of phosphoric acid groups is 1. The van der Waals surface area contributed by atoms with Crippen LogP contribution in [0.15, 0.2) is 122 Å². The van der Waals surface area contributed by atoms with Crippen LogP contribution >= 0.6 is 7.82 Å². The lowest BCUT2D eigenvalue weighted by molar-refractivity contribution is -0.870. The van der Waals surface area contributed by atoms with Crippen LogP contribution < -0.4 is 4.89 Å². The van der Waals surface area contributed by atoms with Crippen LogP contribution in [0.1, 0.15) is 335 Å². The van der Waals surface area contributed by atoms with E-state index in [0.717, 1.165) is 103 Å². The van der Waals surface area contributed by atoms with Crippen molar-refractivity contribution in [2.75, 3.05) is 47.5 Å². The first kappa shape index (κ1) is 88.4. The van der Waals surface area contributed by atoms with Gasteiger partial charge in [0.05, 0.1) is 27.7 Å². The second-order valence-electron chi connectivity index (χ2n) is 26.6. The molecule has 2 unspecified atom stereocenters. The highest BCUT2D eigenvalue weighted by Gasteiger charge is 2.22. The van der Waals surface area contributed by atoms with Gasteiger partial charge in [0.25, 0.3) is 7.82 Å². The molecule has 2 atom stereocenters. The number of carbonyl (C=O) groups is 2. The lowest BCUT2D eigenvalue weighted by Gasteiger charge is -2.28. The predicted octanol–water partition coefficient (Wildman–Crippen LogP) is 24.8. The number of nitrogens with zero attached hydrogens (tertiary/aromatic N) is 1. The number of rotatable bonds is 70. The highest BCUT2D eigenvalue weighted by molar-refractivity contribution is 7.45. The highest BCUT2D eigenvalue weighted by atomic mass is 31.2. The second kappa shape index (κ2) is 71.7. The number of likely N-dealkylation sites (N-methyl/N-ethyl adjacent to an activating group) is 1. The van der Waals surface area contributed by atoms with E-state index in [2.05, 4.69) is 135 Å². The number of phosphoric ester groups is 1. The van der Waals surface area contributed by atoms with E-state index in [1.54, 1.807) is 0 Å². The number of hydrogen-bond donors (Lipinski definition) is 0. The summed E-state index contributed by atoms with van der Waals surface area (Å²) in [6, 6.07) is 0. The zero-order valence-electron chi connectivity index (χ0n) is 60.5. The van der Waals surface area contributed by atoms with Gasteiger partial charge in [0.2, 0.25) is 0 Å². The van der Waals surface area contributed by atoms with E-state index in [0.29, 0.717) is 17.4 Å². The molecule has 0 rings (SSSR count). The van der Waals surface area contributed by atoms with Crippen molar-refractivity contribution < 1.29 is 42.1 Å². The van der Waals surface area contributed by atoms with Gasteiger partial charge >= 0.3 is 11.9 Å². The lowest BCUT2D eigenvalue weighted by atomic mass is 10.0. The van der Waals surface area contributed by atoms with Crippen LogP contribution in [0, 0.1) is 0 Å². The molecular weight excluding hydrogens is 1160 g/mol. The SMILES string of the molecule is CC/C=C\C/C=C\C/C=C\C/C=C\C/C=C\C/C=C\C/C=C\C/C=C\CCCCCCCCCCCCC(=O)OC(COC(=O)CCCCCCCCCCCCCCCCCCCCCCC/C=C\C/C=C\CCCCCCC)COP(=O)([O-])OCC[N+](C)(C)C. The smallest absolute Gasteiger partial charge is 0.306 e. The Labute approximate surface area is 568 Å². The maximum atomic E-state index is 12.9.